The van der Waals surface area contributed by atoms with Crippen LogP contribution in [0.2, 0.25) is 0 Å². The van der Waals surface area contributed by atoms with Gasteiger partial charge < -0.3 is 5.32 Å². The Kier molecular flexibility index (Phi) is 2.75. The van der Waals surface area contributed by atoms with E-state index in [-0.39, 0.29) is 5.91 Å². The average Bonchev–Trinajstić information content (AvgIpc) is 2.95. The first kappa shape index (κ1) is 11.8. The van der Waals surface area contributed by atoms with Crippen molar-refractivity contribution in [2.24, 2.45) is 0 Å². The van der Waals surface area contributed by atoms with E-state index in [1.54, 1.807) is 6.20 Å². The predicted molar refractivity (Wildman–Crippen MR) is 70.0 cm³/mol. The number of fused-ring (bicyclic) bond motifs is 1. The molecule has 0 atom stereocenters. The van der Waals surface area contributed by atoms with Crippen molar-refractivity contribution in [1.82, 2.24) is 14.4 Å². The van der Waals surface area contributed by atoms with Crippen LogP contribution in [0.1, 0.15) is 16.2 Å². The number of carbonyl (C=O) groups is 1. The van der Waals surface area contributed by atoms with Crippen LogP contribution in [0.4, 0.5) is 10.2 Å². The highest BCUT2D eigenvalue weighted by Gasteiger charge is 2.13. The smallest absolute Gasteiger partial charge is 0.277 e. The number of aryl methyl sites for hydroxylation is 1. The molecule has 0 saturated heterocycles. The molecule has 1 N–H and O–H groups in total. The lowest BCUT2D eigenvalue weighted by molar-refractivity contribution is 0.102. The molecule has 0 saturated carbocycles. The molecule has 0 unspecified atom stereocenters. The minimum absolute atomic E-state index is 0.291. The number of pyridine rings is 1. The first-order valence-electron chi connectivity index (χ1n) is 5.49. The number of thiazole rings is 1. The number of rotatable bonds is 2. The van der Waals surface area contributed by atoms with E-state index in [0.717, 1.165) is 16.9 Å². The fraction of sp³-hybridized carbons (Fsp3) is 0.0833. The second kappa shape index (κ2) is 4.43. The third-order valence-electron chi connectivity index (χ3n) is 2.59. The van der Waals surface area contributed by atoms with Gasteiger partial charge in [-0.15, -0.1) is 11.3 Å². The standard InChI is InChI=1S/C12H9FN4OS/c1-7-6-19-12-15-9(5-17(7)12)11(18)16-10-3-2-8(13)4-14-10/h2-6H,1H3,(H,14,16,18). The van der Waals surface area contributed by atoms with Crippen molar-refractivity contribution >= 4 is 28.0 Å². The molecule has 0 aliphatic carbocycles. The summed E-state index contributed by atoms with van der Waals surface area (Å²) in [6.45, 7) is 1.94. The van der Waals surface area contributed by atoms with Crippen molar-refractivity contribution in [2.45, 2.75) is 6.92 Å². The molecule has 1 amide bonds. The van der Waals surface area contributed by atoms with Gasteiger partial charge in [0.25, 0.3) is 5.91 Å². The van der Waals surface area contributed by atoms with Gasteiger partial charge in [0.05, 0.1) is 6.20 Å². The Morgan fingerprint density at radius 2 is 2.32 bits per heavy atom. The van der Waals surface area contributed by atoms with Gasteiger partial charge in [0, 0.05) is 17.3 Å². The molecule has 0 aliphatic rings. The quantitative estimate of drug-likeness (QED) is 0.782. The first-order valence-corrected chi connectivity index (χ1v) is 6.37. The summed E-state index contributed by atoms with van der Waals surface area (Å²) < 4.78 is 14.5. The Balaban J connectivity index is 1.85. The van der Waals surface area contributed by atoms with Crippen LogP contribution >= 0.6 is 11.3 Å². The van der Waals surface area contributed by atoms with Gasteiger partial charge in [0.1, 0.15) is 17.3 Å². The number of aromatic nitrogens is 3. The highest BCUT2D eigenvalue weighted by Crippen LogP contribution is 2.16. The first-order chi connectivity index (χ1) is 9.13. The van der Waals surface area contributed by atoms with Crippen molar-refractivity contribution in [2.75, 3.05) is 5.32 Å². The molecule has 3 aromatic heterocycles. The summed E-state index contributed by atoms with van der Waals surface area (Å²) in [6, 6.07) is 2.63. The van der Waals surface area contributed by atoms with E-state index in [9.17, 15) is 9.18 Å². The SMILES string of the molecule is Cc1csc2nc(C(=O)Nc3ccc(F)cn3)cn12. The summed E-state index contributed by atoms with van der Waals surface area (Å²) in [6.07, 6.45) is 2.71. The average molecular weight is 276 g/mol. The van der Waals surface area contributed by atoms with Crippen molar-refractivity contribution in [3.8, 4) is 0 Å². The van der Waals surface area contributed by atoms with Crippen LogP contribution in [0.25, 0.3) is 4.96 Å². The molecular weight excluding hydrogens is 267 g/mol. The third kappa shape index (κ3) is 2.19. The van der Waals surface area contributed by atoms with Crippen LogP contribution in [0, 0.1) is 12.7 Å². The molecule has 0 fully saturated rings. The minimum Gasteiger partial charge on any atom is -0.305 e. The van der Waals surface area contributed by atoms with Crippen LogP contribution in [0.5, 0.6) is 0 Å². The Morgan fingerprint density at radius 3 is 3.00 bits per heavy atom. The molecule has 0 bridgehead atoms. The topological polar surface area (TPSA) is 59.3 Å². The van der Waals surface area contributed by atoms with Crippen molar-refractivity contribution in [3.05, 3.63) is 47.1 Å². The van der Waals surface area contributed by atoms with Crippen LogP contribution in [-0.2, 0) is 0 Å². The summed E-state index contributed by atoms with van der Waals surface area (Å²) in [4.78, 5) is 20.7. The Labute approximate surface area is 111 Å². The highest BCUT2D eigenvalue weighted by molar-refractivity contribution is 7.15. The van der Waals surface area contributed by atoms with E-state index in [0.29, 0.717) is 11.5 Å². The van der Waals surface area contributed by atoms with E-state index in [2.05, 4.69) is 15.3 Å². The number of imidazole rings is 1. The molecule has 0 spiro atoms. The van der Waals surface area contributed by atoms with Crippen LogP contribution in [0.3, 0.4) is 0 Å². The number of nitrogens with one attached hydrogen (secondary N) is 1. The summed E-state index contributed by atoms with van der Waals surface area (Å²) >= 11 is 1.47. The van der Waals surface area contributed by atoms with Gasteiger partial charge in [-0.25, -0.2) is 14.4 Å². The maximum atomic E-state index is 12.7. The molecule has 0 aliphatic heterocycles. The normalized spacial score (nSPS) is 10.8. The number of hydrogen-bond acceptors (Lipinski definition) is 4. The lowest BCUT2D eigenvalue weighted by Gasteiger charge is -2.00. The zero-order valence-corrected chi connectivity index (χ0v) is 10.7. The van der Waals surface area contributed by atoms with E-state index in [1.165, 1.54) is 23.5 Å². The highest BCUT2D eigenvalue weighted by atomic mass is 32.1. The minimum atomic E-state index is -0.448. The summed E-state index contributed by atoms with van der Waals surface area (Å²) in [5.41, 5.74) is 1.33. The number of carbonyl (C=O) groups excluding carboxylic acids is 1. The van der Waals surface area contributed by atoms with Gasteiger partial charge in [0.15, 0.2) is 4.96 Å². The van der Waals surface area contributed by atoms with Crippen molar-refractivity contribution in [1.29, 1.82) is 0 Å². The largest absolute Gasteiger partial charge is 0.305 e. The van der Waals surface area contributed by atoms with E-state index in [1.807, 2.05) is 16.7 Å². The number of anilines is 1. The molecule has 3 rings (SSSR count). The Bertz CT molecular complexity index is 747. The lowest BCUT2D eigenvalue weighted by Crippen LogP contribution is -2.13. The number of hydrogen-bond donors (Lipinski definition) is 1. The molecule has 0 radical (unpaired) electrons. The fourth-order valence-corrected chi connectivity index (χ4v) is 2.48. The van der Waals surface area contributed by atoms with E-state index >= 15 is 0 Å². The maximum absolute atomic E-state index is 12.7. The second-order valence-electron chi connectivity index (χ2n) is 3.97. The molecule has 3 aromatic rings. The molecule has 0 aromatic carbocycles. The molecule has 19 heavy (non-hydrogen) atoms. The van der Waals surface area contributed by atoms with Gasteiger partial charge >= 0.3 is 0 Å². The van der Waals surface area contributed by atoms with Gasteiger partial charge in [-0.3, -0.25) is 9.20 Å². The number of nitrogens with zero attached hydrogens (tertiary/aromatic N) is 3. The van der Waals surface area contributed by atoms with E-state index < -0.39 is 5.82 Å². The molecule has 5 nitrogen and oxygen atoms in total. The van der Waals surface area contributed by atoms with Gasteiger partial charge in [-0.2, -0.15) is 0 Å². The monoisotopic (exact) mass is 276 g/mol. The number of halogens is 1. The molecule has 96 valence electrons. The van der Waals surface area contributed by atoms with Gasteiger partial charge in [-0.1, -0.05) is 0 Å². The van der Waals surface area contributed by atoms with Crippen molar-refractivity contribution in [3.63, 3.8) is 0 Å². The van der Waals surface area contributed by atoms with Crippen LogP contribution in [0.15, 0.2) is 29.9 Å². The zero-order chi connectivity index (χ0) is 13.4. The fourth-order valence-electron chi connectivity index (χ4n) is 1.63. The van der Waals surface area contributed by atoms with E-state index in [4.69, 9.17) is 0 Å². The maximum Gasteiger partial charge on any atom is 0.277 e. The molecule has 3 heterocycles. The summed E-state index contributed by atoms with van der Waals surface area (Å²) in [7, 11) is 0. The van der Waals surface area contributed by atoms with Crippen molar-refractivity contribution < 1.29 is 9.18 Å². The summed E-state index contributed by atoms with van der Waals surface area (Å²) in [5, 5.41) is 4.53. The zero-order valence-electron chi connectivity index (χ0n) is 9.92. The van der Waals surface area contributed by atoms with Crippen LogP contribution < -0.4 is 5.32 Å². The number of amides is 1. The van der Waals surface area contributed by atoms with Gasteiger partial charge in [-0.05, 0) is 19.1 Å². The lowest BCUT2D eigenvalue weighted by atomic mass is 10.4. The van der Waals surface area contributed by atoms with Crippen LogP contribution in [-0.4, -0.2) is 20.3 Å². The predicted octanol–water partition coefficient (Wildman–Crippen LogP) is 2.49. The molecular formula is C12H9FN4OS. The second-order valence-corrected chi connectivity index (χ2v) is 4.81. The molecule has 7 heteroatoms. The third-order valence-corrected chi connectivity index (χ3v) is 3.55. The summed E-state index contributed by atoms with van der Waals surface area (Å²) in [5.74, 6) is -0.523. The van der Waals surface area contributed by atoms with Gasteiger partial charge in [0.2, 0.25) is 0 Å². The Hall–Kier alpha value is -2.28. The Morgan fingerprint density at radius 1 is 1.47 bits per heavy atom.